The number of rotatable bonds is 0. The van der Waals surface area contributed by atoms with E-state index in [9.17, 15) is 18.7 Å². The number of amides is 1. The highest BCUT2D eigenvalue weighted by molar-refractivity contribution is 8.00. The zero-order chi connectivity index (χ0) is 24.1. The first-order chi connectivity index (χ1) is 16.4. The Bertz CT molecular complexity index is 1210. The molecule has 0 aromatic heterocycles. The summed E-state index contributed by atoms with van der Waals surface area (Å²) >= 11 is 6.99. The van der Waals surface area contributed by atoms with E-state index in [1.54, 1.807) is 24.3 Å². The van der Waals surface area contributed by atoms with E-state index >= 15 is 0 Å². The molecule has 0 atom stereocenters. The van der Waals surface area contributed by atoms with E-state index in [-0.39, 0.29) is 38.4 Å². The highest BCUT2D eigenvalue weighted by atomic mass is 35.5. The van der Waals surface area contributed by atoms with Crippen molar-refractivity contribution in [2.45, 2.75) is 30.6 Å². The molecule has 0 saturated carbocycles. The van der Waals surface area contributed by atoms with E-state index < -0.39 is 11.6 Å². The number of hydrogen-bond acceptors (Lipinski definition) is 5. The van der Waals surface area contributed by atoms with Gasteiger partial charge in [-0.05, 0) is 60.7 Å². The molecule has 0 radical (unpaired) electrons. The number of carbonyl (C=O) groups is 1. The fourth-order valence-electron chi connectivity index (χ4n) is 3.57. The van der Waals surface area contributed by atoms with Crippen molar-refractivity contribution in [3.63, 3.8) is 0 Å². The van der Waals surface area contributed by atoms with Gasteiger partial charge in [-0.2, -0.15) is 0 Å². The van der Waals surface area contributed by atoms with Crippen LogP contribution in [0.3, 0.4) is 0 Å². The molecule has 1 amide bonds. The van der Waals surface area contributed by atoms with Gasteiger partial charge in [-0.25, -0.2) is 8.78 Å². The van der Waals surface area contributed by atoms with Gasteiger partial charge >= 0.3 is 0 Å². The first kappa shape index (κ1) is 24.2. The molecule has 178 valence electrons. The number of ether oxygens (including phenoxy) is 1. The first-order valence-corrected chi connectivity index (χ1v) is 12.1. The molecule has 0 saturated heterocycles. The third kappa shape index (κ3) is 5.74. The summed E-state index contributed by atoms with van der Waals surface area (Å²) in [4.78, 5) is 12.8. The summed E-state index contributed by atoms with van der Waals surface area (Å²) in [6.07, 6.45) is 3.51. The van der Waals surface area contributed by atoms with Gasteiger partial charge < -0.3 is 19.9 Å². The van der Waals surface area contributed by atoms with Crippen molar-refractivity contribution in [1.82, 2.24) is 5.32 Å². The van der Waals surface area contributed by atoms with Crippen LogP contribution < -0.4 is 14.8 Å². The van der Waals surface area contributed by atoms with E-state index in [1.807, 2.05) is 0 Å². The van der Waals surface area contributed by atoms with Crippen LogP contribution in [0.15, 0.2) is 53.4 Å². The van der Waals surface area contributed by atoms with Gasteiger partial charge in [0.25, 0.3) is 5.91 Å². The quantitative estimate of drug-likeness (QED) is 0.294. The van der Waals surface area contributed by atoms with Gasteiger partial charge in [0.2, 0.25) is 0 Å². The Kier molecular flexibility index (Phi) is 7.80. The zero-order valence-electron chi connectivity index (χ0n) is 18.2. The highest BCUT2D eigenvalue weighted by Crippen LogP contribution is 2.38. The maximum Gasteiger partial charge on any atom is 0.251 e. The second-order valence-electron chi connectivity index (χ2n) is 7.87. The van der Waals surface area contributed by atoms with Crippen LogP contribution in [0.5, 0.6) is 11.5 Å². The Morgan fingerprint density at radius 2 is 1.79 bits per heavy atom. The molecule has 6 bridgehead atoms. The molecule has 3 aromatic carbocycles. The molecule has 9 heteroatoms. The molecule has 34 heavy (non-hydrogen) atoms. The predicted octanol–water partition coefficient (Wildman–Crippen LogP) is 6.79. The molecule has 0 aliphatic carbocycles. The Morgan fingerprint density at radius 1 is 0.971 bits per heavy atom. The average Bonchev–Trinajstić information content (AvgIpc) is 2.82. The Morgan fingerprint density at radius 3 is 2.65 bits per heavy atom. The summed E-state index contributed by atoms with van der Waals surface area (Å²) in [7, 11) is 0. The standard InChI is InChI=1S/C25H23ClF2N2O3S/c26-19-11-16-12-23(24(19)31)34-30-22-13-18(20(27)14-21(22)28)15-6-5-7-17(10-15)33-9-4-2-1-3-8-29-25(16)32/h5-7,10-14,30-31H,1-4,8-9H2,(H,29,32). The number of anilines is 1. The van der Waals surface area contributed by atoms with Crippen molar-refractivity contribution < 1.29 is 23.4 Å². The van der Waals surface area contributed by atoms with Crippen molar-refractivity contribution in [1.29, 1.82) is 0 Å². The molecule has 3 aromatic rings. The average molecular weight is 505 g/mol. The number of benzene rings is 3. The number of hydrogen-bond donors (Lipinski definition) is 3. The maximum atomic E-state index is 14.7. The van der Waals surface area contributed by atoms with Crippen molar-refractivity contribution in [2.75, 3.05) is 17.9 Å². The van der Waals surface area contributed by atoms with E-state index in [2.05, 4.69) is 10.0 Å². The number of carbonyl (C=O) groups excluding carboxylic acids is 1. The fourth-order valence-corrected chi connectivity index (χ4v) is 4.61. The monoisotopic (exact) mass is 504 g/mol. The largest absolute Gasteiger partial charge is 0.505 e. The lowest BCUT2D eigenvalue weighted by Gasteiger charge is -2.14. The maximum absolute atomic E-state index is 14.7. The summed E-state index contributed by atoms with van der Waals surface area (Å²) in [5, 5.41) is 13.2. The minimum atomic E-state index is -0.803. The number of phenols is 1. The van der Waals surface area contributed by atoms with Gasteiger partial charge in [0.05, 0.1) is 22.2 Å². The van der Waals surface area contributed by atoms with Crippen LogP contribution in [-0.4, -0.2) is 24.2 Å². The van der Waals surface area contributed by atoms with Crippen molar-refractivity contribution >= 4 is 35.1 Å². The number of nitrogens with one attached hydrogen (secondary N) is 2. The number of aromatic hydroxyl groups is 1. The third-order valence-electron chi connectivity index (χ3n) is 5.39. The van der Waals surface area contributed by atoms with Crippen molar-refractivity contribution in [2.24, 2.45) is 0 Å². The summed E-state index contributed by atoms with van der Waals surface area (Å²) in [5.41, 5.74) is 1.02. The van der Waals surface area contributed by atoms with Gasteiger partial charge in [-0.3, -0.25) is 4.79 Å². The lowest BCUT2D eigenvalue weighted by molar-refractivity contribution is 0.0952. The van der Waals surface area contributed by atoms with Gasteiger partial charge in [-0.15, -0.1) is 0 Å². The van der Waals surface area contributed by atoms with Gasteiger partial charge in [0.15, 0.2) is 0 Å². The van der Waals surface area contributed by atoms with Crippen molar-refractivity contribution in [3.05, 3.63) is 70.8 Å². The van der Waals surface area contributed by atoms with Crippen LogP contribution >= 0.6 is 23.5 Å². The smallest absolute Gasteiger partial charge is 0.251 e. The van der Waals surface area contributed by atoms with E-state index in [0.29, 0.717) is 24.5 Å². The number of halogens is 3. The topological polar surface area (TPSA) is 70.6 Å². The molecule has 0 unspecified atom stereocenters. The van der Waals surface area contributed by atoms with Crippen LogP contribution in [0, 0.1) is 11.6 Å². The number of fused-ring (bicyclic) bond motifs is 7. The number of phenolic OH excluding ortho intramolecular Hbond substituents is 1. The molecular weight excluding hydrogens is 482 g/mol. The molecular formula is C25H23ClF2N2O3S. The minimum absolute atomic E-state index is 0.00354. The van der Waals surface area contributed by atoms with E-state index in [0.717, 1.165) is 43.7 Å². The van der Waals surface area contributed by atoms with E-state index in [4.69, 9.17) is 16.3 Å². The SMILES string of the molecule is O=C1NCCCCCCOc2cccc(c2)-c2cc(c(F)cc2F)NSc2cc1cc(Cl)c2O. The normalized spacial score (nSPS) is 15.0. The van der Waals surface area contributed by atoms with E-state index in [1.165, 1.54) is 18.2 Å². The van der Waals surface area contributed by atoms with Gasteiger partial charge in [0.1, 0.15) is 23.1 Å². The molecule has 4 rings (SSSR count). The Labute approximate surface area is 205 Å². The lowest BCUT2D eigenvalue weighted by Crippen LogP contribution is -2.24. The molecule has 1 heterocycles. The summed E-state index contributed by atoms with van der Waals surface area (Å²) in [6.45, 7) is 1.02. The predicted molar refractivity (Wildman–Crippen MR) is 131 cm³/mol. The minimum Gasteiger partial charge on any atom is -0.505 e. The third-order valence-corrected chi connectivity index (χ3v) is 6.53. The molecule has 3 N–H and O–H groups in total. The first-order valence-electron chi connectivity index (χ1n) is 10.9. The van der Waals surface area contributed by atoms with Gasteiger partial charge in [-0.1, -0.05) is 36.6 Å². The van der Waals surface area contributed by atoms with Gasteiger partial charge in [0, 0.05) is 23.7 Å². The molecule has 0 fully saturated rings. The van der Waals surface area contributed by atoms with Crippen LogP contribution in [-0.2, 0) is 0 Å². The fraction of sp³-hybridized carbons (Fsp3) is 0.240. The molecule has 0 spiro atoms. The van der Waals surface area contributed by atoms with Crippen LogP contribution in [0.4, 0.5) is 14.5 Å². The summed E-state index contributed by atoms with van der Waals surface area (Å²) in [5.74, 6) is -1.48. The van der Waals surface area contributed by atoms with Crippen LogP contribution in [0.25, 0.3) is 11.1 Å². The summed E-state index contributed by atoms with van der Waals surface area (Å²) in [6, 6.07) is 12.0. The Balaban J connectivity index is 1.69. The lowest BCUT2D eigenvalue weighted by atomic mass is 10.0. The molecule has 1 aliphatic heterocycles. The second kappa shape index (κ2) is 11.0. The second-order valence-corrected chi connectivity index (χ2v) is 9.12. The van der Waals surface area contributed by atoms with Crippen LogP contribution in [0.2, 0.25) is 5.02 Å². The molecule has 5 nitrogen and oxygen atoms in total. The Hall–Kier alpha value is -2.97. The highest BCUT2D eigenvalue weighted by Gasteiger charge is 2.17. The van der Waals surface area contributed by atoms with Crippen molar-refractivity contribution in [3.8, 4) is 22.6 Å². The molecule has 1 aliphatic rings. The summed E-state index contributed by atoms with van der Waals surface area (Å²) < 4.78 is 37.8. The van der Waals surface area contributed by atoms with Crippen LogP contribution in [0.1, 0.15) is 36.0 Å². The zero-order valence-corrected chi connectivity index (χ0v) is 19.7.